The lowest BCUT2D eigenvalue weighted by molar-refractivity contribution is 0.462. The van der Waals surface area contributed by atoms with Crippen LogP contribution in [0.1, 0.15) is 31.7 Å². The number of halogens is 1. The standard InChI is InChI=1S/C13H20FN/c1-2-3-6-11(10-15)9-12-7-4-5-8-13(12)14/h4-5,7-8,11H,2-3,6,9-10,15H2,1H3. The van der Waals surface area contributed by atoms with Crippen LogP contribution in [-0.4, -0.2) is 6.54 Å². The summed E-state index contributed by atoms with van der Waals surface area (Å²) in [7, 11) is 0. The molecule has 0 amide bonds. The minimum absolute atomic E-state index is 0.104. The highest BCUT2D eigenvalue weighted by Gasteiger charge is 2.09. The monoisotopic (exact) mass is 209 g/mol. The molecule has 0 aliphatic carbocycles. The summed E-state index contributed by atoms with van der Waals surface area (Å²) < 4.78 is 13.4. The van der Waals surface area contributed by atoms with Gasteiger partial charge in [0.2, 0.25) is 0 Å². The zero-order valence-electron chi connectivity index (χ0n) is 9.38. The van der Waals surface area contributed by atoms with Gasteiger partial charge in [-0.05, 0) is 36.9 Å². The molecule has 1 nitrogen and oxygen atoms in total. The fourth-order valence-corrected chi connectivity index (χ4v) is 1.77. The van der Waals surface area contributed by atoms with Crippen LogP contribution in [0.2, 0.25) is 0 Å². The molecule has 0 radical (unpaired) electrons. The average molecular weight is 209 g/mol. The van der Waals surface area contributed by atoms with Gasteiger partial charge in [-0.15, -0.1) is 0 Å². The molecule has 1 rings (SSSR count). The van der Waals surface area contributed by atoms with Crippen LogP contribution >= 0.6 is 0 Å². The lowest BCUT2D eigenvalue weighted by Gasteiger charge is -2.14. The van der Waals surface area contributed by atoms with Gasteiger partial charge in [0, 0.05) is 0 Å². The molecule has 1 aromatic carbocycles. The first-order chi connectivity index (χ1) is 7.27. The van der Waals surface area contributed by atoms with Crippen molar-refractivity contribution in [3.8, 4) is 0 Å². The molecule has 0 saturated heterocycles. The van der Waals surface area contributed by atoms with Gasteiger partial charge in [-0.25, -0.2) is 4.39 Å². The Labute approximate surface area is 91.5 Å². The van der Waals surface area contributed by atoms with E-state index < -0.39 is 0 Å². The van der Waals surface area contributed by atoms with E-state index in [4.69, 9.17) is 5.73 Å². The van der Waals surface area contributed by atoms with Gasteiger partial charge in [0.15, 0.2) is 0 Å². The Balaban J connectivity index is 2.54. The number of hydrogen-bond donors (Lipinski definition) is 1. The Hall–Kier alpha value is -0.890. The molecule has 15 heavy (non-hydrogen) atoms. The number of benzene rings is 1. The molecule has 0 spiro atoms. The predicted octanol–water partition coefficient (Wildman–Crippen LogP) is 3.13. The molecular weight excluding hydrogens is 189 g/mol. The zero-order chi connectivity index (χ0) is 11.1. The molecule has 1 atom stereocenters. The molecule has 0 aliphatic rings. The molecular formula is C13H20FN. The normalized spacial score (nSPS) is 12.7. The van der Waals surface area contributed by atoms with Crippen molar-refractivity contribution in [3.63, 3.8) is 0 Å². The van der Waals surface area contributed by atoms with Crippen molar-refractivity contribution in [1.82, 2.24) is 0 Å². The van der Waals surface area contributed by atoms with Gasteiger partial charge in [-0.1, -0.05) is 38.0 Å². The molecule has 84 valence electrons. The van der Waals surface area contributed by atoms with Crippen LogP contribution in [0, 0.1) is 11.7 Å². The van der Waals surface area contributed by atoms with E-state index in [0.29, 0.717) is 12.5 Å². The van der Waals surface area contributed by atoms with Gasteiger partial charge in [0.1, 0.15) is 5.82 Å². The van der Waals surface area contributed by atoms with Crippen molar-refractivity contribution in [2.24, 2.45) is 11.7 Å². The van der Waals surface area contributed by atoms with Gasteiger partial charge < -0.3 is 5.73 Å². The minimum Gasteiger partial charge on any atom is -0.330 e. The molecule has 0 aliphatic heterocycles. The first-order valence-corrected chi connectivity index (χ1v) is 5.71. The van der Waals surface area contributed by atoms with E-state index in [1.165, 1.54) is 18.9 Å². The summed E-state index contributed by atoms with van der Waals surface area (Å²) in [6, 6.07) is 6.97. The second-order valence-electron chi connectivity index (χ2n) is 4.04. The summed E-state index contributed by atoms with van der Waals surface area (Å²) in [4.78, 5) is 0. The quantitative estimate of drug-likeness (QED) is 0.765. The highest BCUT2D eigenvalue weighted by atomic mass is 19.1. The first-order valence-electron chi connectivity index (χ1n) is 5.71. The van der Waals surface area contributed by atoms with Crippen LogP contribution in [0.15, 0.2) is 24.3 Å². The average Bonchev–Trinajstić information content (AvgIpc) is 2.26. The maximum absolute atomic E-state index is 13.4. The Bertz CT molecular complexity index is 286. The second-order valence-corrected chi connectivity index (χ2v) is 4.04. The summed E-state index contributed by atoms with van der Waals surface area (Å²) in [6.45, 7) is 2.81. The van der Waals surface area contributed by atoms with Gasteiger partial charge >= 0.3 is 0 Å². The molecule has 0 heterocycles. The van der Waals surface area contributed by atoms with Crippen molar-refractivity contribution in [2.75, 3.05) is 6.54 Å². The topological polar surface area (TPSA) is 26.0 Å². The molecule has 0 saturated carbocycles. The Kier molecular flexibility index (Phi) is 5.33. The molecule has 0 aromatic heterocycles. The van der Waals surface area contributed by atoms with E-state index in [-0.39, 0.29) is 5.82 Å². The van der Waals surface area contributed by atoms with Gasteiger partial charge in [0.05, 0.1) is 0 Å². The van der Waals surface area contributed by atoms with E-state index in [1.807, 2.05) is 12.1 Å². The van der Waals surface area contributed by atoms with Crippen LogP contribution in [0.3, 0.4) is 0 Å². The Morgan fingerprint density at radius 3 is 2.67 bits per heavy atom. The number of rotatable bonds is 6. The van der Waals surface area contributed by atoms with Crippen molar-refractivity contribution < 1.29 is 4.39 Å². The summed E-state index contributed by atoms with van der Waals surface area (Å²) >= 11 is 0. The van der Waals surface area contributed by atoms with E-state index in [9.17, 15) is 4.39 Å². The fraction of sp³-hybridized carbons (Fsp3) is 0.538. The smallest absolute Gasteiger partial charge is 0.126 e. The SMILES string of the molecule is CCCCC(CN)Cc1ccccc1F. The third-order valence-electron chi connectivity index (χ3n) is 2.77. The van der Waals surface area contributed by atoms with Gasteiger partial charge in [-0.3, -0.25) is 0 Å². The second kappa shape index (κ2) is 6.57. The fourth-order valence-electron chi connectivity index (χ4n) is 1.77. The maximum atomic E-state index is 13.4. The largest absolute Gasteiger partial charge is 0.330 e. The first kappa shape index (κ1) is 12.2. The molecule has 2 heteroatoms. The minimum atomic E-state index is -0.104. The summed E-state index contributed by atoms with van der Waals surface area (Å²) in [6.07, 6.45) is 4.22. The lowest BCUT2D eigenvalue weighted by atomic mass is 9.94. The summed E-state index contributed by atoms with van der Waals surface area (Å²) in [5, 5.41) is 0. The van der Waals surface area contributed by atoms with Crippen molar-refractivity contribution in [2.45, 2.75) is 32.6 Å². The molecule has 1 unspecified atom stereocenters. The Morgan fingerprint density at radius 2 is 2.07 bits per heavy atom. The number of unbranched alkanes of at least 4 members (excludes halogenated alkanes) is 1. The highest BCUT2D eigenvalue weighted by Crippen LogP contribution is 2.16. The number of nitrogens with two attached hydrogens (primary N) is 1. The third-order valence-corrected chi connectivity index (χ3v) is 2.77. The third kappa shape index (κ3) is 4.00. The number of hydrogen-bond acceptors (Lipinski definition) is 1. The molecule has 0 bridgehead atoms. The van der Waals surface area contributed by atoms with E-state index in [2.05, 4.69) is 6.92 Å². The van der Waals surface area contributed by atoms with Crippen molar-refractivity contribution >= 4 is 0 Å². The van der Waals surface area contributed by atoms with Gasteiger partial charge in [-0.2, -0.15) is 0 Å². The highest BCUT2D eigenvalue weighted by molar-refractivity contribution is 5.17. The lowest BCUT2D eigenvalue weighted by Crippen LogP contribution is -2.17. The van der Waals surface area contributed by atoms with Crippen molar-refractivity contribution in [3.05, 3.63) is 35.6 Å². The van der Waals surface area contributed by atoms with Crippen LogP contribution in [0.5, 0.6) is 0 Å². The molecule has 0 fully saturated rings. The summed E-state index contributed by atoms with van der Waals surface area (Å²) in [5.74, 6) is 0.314. The van der Waals surface area contributed by atoms with Gasteiger partial charge in [0.25, 0.3) is 0 Å². The van der Waals surface area contributed by atoms with Crippen LogP contribution in [0.4, 0.5) is 4.39 Å². The zero-order valence-corrected chi connectivity index (χ0v) is 9.38. The van der Waals surface area contributed by atoms with E-state index in [1.54, 1.807) is 6.07 Å². The Morgan fingerprint density at radius 1 is 1.33 bits per heavy atom. The van der Waals surface area contributed by atoms with Crippen LogP contribution < -0.4 is 5.73 Å². The predicted molar refractivity (Wildman–Crippen MR) is 62.2 cm³/mol. The van der Waals surface area contributed by atoms with E-state index in [0.717, 1.165) is 18.4 Å². The molecule has 1 aromatic rings. The van der Waals surface area contributed by atoms with Crippen molar-refractivity contribution in [1.29, 1.82) is 0 Å². The maximum Gasteiger partial charge on any atom is 0.126 e. The van der Waals surface area contributed by atoms with Crippen LogP contribution in [0.25, 0.3) is 0 Å². The summed E-state index contributed by atoms with van der Waals surface area (Å²) in [5.41, 5.74) is 6.48. The molecule has 2 N–H and O–H groups in total. The van der Waals surface area contributed by atoms with E-state index >= 15 is 0 Å². The van der Waals surface area contributed by atoms with Crippen LogP contribution in [-0.2, 0) is 6.42 Å².